The summed E-state index contributed by atoms with van der Waals surface area (Å²) in [6.07, 6.45) is 2.32. The number of hydrogen-bond acceptors (Lipinski definition) is 3. The Bertz CT molecular complexity index is 173. The molecule has 0 aromatic rings. The minimum atomic E-state index is -0.376. The third-order valence-electron chi connectivity index (χ3n) is 2.58. The molecule has 1 atom stereocenters. The third kappa shape index (κ3) is 1.49. The average Bonchev–Trinajstić information content (AvgIpc) is 2.29. The SMILES string of the molecule is CC1(C)OCC2(CCCNC2)O1. The van der Waals surface area contributed by atoms with Gasteiger partial charge in [-0.2, -0.15) is 0 Å². The molecular formula is C9H17NO2. The first-order valence-electron chi connectivity index (χ1n) is 4.67. The molecule has 1 unspecified atom stereocenters. The van der Waals surface area contributed by atoms with E-state index in [2.05, 4.69) is 5.32 Å². The molecule has 0 radical (unpaired) electrons. The van der Waals surface area contributed by atoms with E-state index in [1.807, 2.05) is 13.8 Å². The van der Waals surface area contributed by atoms with Crippen LogP contribution in [-0.2, 0) is 9.47 Å². The summed E-state index contributed by atoms with van der Waals surface area (Å²) in [6, 6.07) is 0. The van der Waals surface area contributed by atoms with E-state index in [0.717, 1.165) is 26.1 Å². The van der Waals surface area contributed by atoms with Crippen molar-refractivity contribution in [1.29, 1.82) is 0 Å². The second kappa shape index (κ2) is 2.69. The van der Waals surface area contributed by atoms with Crippen LogP contribution in [0.2, 0.25) is 0 Å². The Hall–Kier alpha value is -0.120. The summed E-state index contributed by atoms with van der Waals surface area (Å²) in [5.41, 5.74) is -0.0260. The monoisotopic (exact) mass is 171 g/mol. The summed E-state index contributed by atoms with van der Waals surface area (Å²) in [6.45, 7) is 6.77. The van der Waals surface area contributed by atoms with E-state index in [9.17, 15) is 0 Å². The molecule has 3 nitrogen and oxygen atoms in total. The Morgan fingerprint density at radius 1 is 1.33 bits per heavy atom. The van der Waals surface area contributed by atoms with Gasteiger partial charge in [0, 0.05) is 6.54 Å². The van der Waals surface area contributed by atoms with Crippen molar-refractivity contribution in [1.82, 2.24) is 5.32 Å². The van der Waals surface area contributed by atoms with Crippen molar-refractivity contribution in [2.24, 2.45) is 0 Å². The van der Waals surface area contributed by atoms with E-state index in [1.165, 1.54) is 6.42 Å². The second-order valence-electron chi connectivity index (χ2n) is 4.25. The van der Waals surface area contributed by atoms with Gasteiger partial charge >= 0.3 is 0 Å². The highest BCUT2D eigenvalue weighted by Gasteiger charge is 2.45. The summed E-state index contributed by atoms with van der Waals surface area (Å²) < 4.78 is 11.5. The van der Waals surface area contributed by atoms with Gasteiger partial charge in [-0.25, -0.2) is 0 Å². The van der Waals surface area contributed by atoms with Crippen LogP contribution in [0.25, 0.3) is 0 Å². The average molecular weight is 171 g/mol. The fraction of sp³-hybridized carbons (Fsp3) is 1.00. The smallest absolute Gasteiger partial charge is 0.163 e. The van der Waals surface area contributed by atoms with Crippen LogP contribution in [-0.4, -0.2) is 31.1 Å². The largest absolute Gasteiger partial charge is 0.347 e. The van der Waals surface area contributed by atoms with E-state index in [-0.39, 0.29) is 11.4 Å². The van der Waals surface area contributed by atoms with Crippen molar-refractivity contribution < 1.29 is 9.47 Å². The van der Waals surface area contributed by atoms with Crippen molar-refractivity contribution in [2.75, 3.05) is 19.7 Å². The first-order chi connectivity index (χ1) is 5.62. The Kier molecular flexibility index (Phi) is 1.90. The highest BCUT2D eigenvalue weighted by Crippen LogP contribution is 2.34. The van der Waals surface area contributed by atoms with Gasteiger partial charge in [0.25, 0.3) is 0 Å². The number of nitrogens with one attached hydrogen (secondary N) is 1. The van der Waals surface area contributed by atoms with Gasteiger partial charge in [0.15, 0.2) is 5.79 Å². The van der Waals surface area contributed by atoms with Crippen LogP contribution in [0, 0.1) is 0 Å². The lowest BCUT2D eigenvalue weighted by molar-refractivity contribution is -0.164. The fourth-order valence-corrected chi connectivity index (χ4v) is 2.04. The summed E-state index contributed by atoms with van der Waals surface area (Å²) in [5.74, 6) is -0.376. The molecule has 2 heterocycles. The van der Waals surface area contributed by atoms with E-state index in [0.29, 0.717) is 0 Å². The van der Waals surface area contributed by atoms with Crippen LogP contribution < -0.4 is 5.32 Å². The van der Waals surface area contributed by atoms with E-state index >= 15 is 0 Å². The normalized spacial score (nSPS) is 40.5. The van der Waals surface area contributed by atoms with Crippen molar-refractivity contribution in [3.63, 3.8) is 0 Å². The molecule has 1 N–H and O–H groups in total. The van der Waals surface area contributed by atoms with Gasteiger partial charge in [-0.05, 0) is 33.2 Å². The molecule has 0 bridgehead atoms. The summed E-state index contributed by atoms with van der Waals surface area (Å²) in [5, 5.41) is 3.35. The Morgan fingerprint density at radius 2 is 2.17 bits per heavy atom. The molecule has 0 saturated carbocycles. The number of rotatable bonds is 0. The molecule has 1 spiro atoms. The lowest BCUT2D eigenvalue weighted by atomic mass is 9.95. The Labute approximate surface area is 73.4 Å². The molecule has 2 fully saturated rings. The Balaban J connectivity index is 2.03. The quantitative estimate of drug-likeness (QED) is 0.587. The van der Waals surface area contributed by atoms with E-state index < -0.39 is 0 Å². The third-order valence-corrected chi connectivity index (χ3v) is 2.58. The molecular weight excluding hydrogens is 154 g/mol. The molecule has 2 aliphatic rings. The lowest BCUT2D eigenvalue weighted by Gasteiger charge is -2.33. The molecule has 3 heteroatoms. The van der Waals surface area contributed by atoms with Gasteiger partial charge < -0.3 is 14.8 Å². The van der Waals surface area contributed by atoms with Crippen molar-refractivity contribution in [3.8, 4) is 0 Å². The molecule has 2 saturated heterocycles. The first-order valence-corrected chi connectivity index (χ1v) is 4.67. The molecule has 0 aliphatic carbocycles. The van der Waals surface area contributed by atoms with Crippen LogP contribution in [0.3, 0.4) is 0 Å². The van der Waals surface area contributed by atoms with Crippen LogP contribution in [0.5, 0.6) is 0 Å². The van der Waals surface area contributed by atoms with Gasteiger partial charge in [0.2, 0.25) is 0 Å². The Morgan fingerprint density at radius 3 is 2.67 bits per heavy atom. The molecule has 0 amide bonds. The second-order valence-corrected chi connectivity index (χ2v) is 4.25. The van der Waals surface area contributed by atoms with Gasteiger partial charge in [0.05, 0.1) is 6.61 Å². The maximum atomic E-state index is 5.89. The van der Waals surface area contributed by atoms with Crippen molar-refractivity contribution >= 4 is 0 Å². The van der Waals surface area contributed by atoms with Gasteiger partial charge in [-0.3, -0.25) is 0 Å². The van der Waals surface area contributed by atoms with Crippen molar-refractivity contribution in [2.45, 2.75) is 38.1 Å². The van der Waals surface area contributed by atoms with Gasteiger partial charge in [0.1, 0.15) is 5.60 Å². The molecule has 0 aromatic carbocycles. The zero-order valence-corrected chi connectivity index (χ0v) is 7.85. The number of ether oxygens (including phenoxy) is 2. The predicted octanol–water partition coefficient (Wildman–Crippen LogP) is 0.891. The molecule has 2 rings (SSSR count). The fourth-order valence-electron chi connectivity index (χ4n) is 2.04. The summed E-state index contributed by atoms with van der Waals surface area (Å²) in [7, 11) is 0. The topological polar surface area (TPSA) is 30.5 Å². The predicted molar refractivity (Wildman–Crippen MR) is 46.0 cm³/mol. The molecule has 12 heavy (non-hydrogen) atoms. The van der Waals surface area contributed by atoms with Crippen LogP contribution in [0.1, 0.15) is 26.7 Å². The summed E-state index contributed by atoms with van der Waals surface area (Å²) in [4.78, 5) is 0. The van der Waals surface area contributed by atoms with Crippen LogP contribution in [0.4, 0.5) is 0 Å². The van der Waals surface area contributed by atoms with Gasteiger partial charge in [-0.15, -0.1) is 0 Å². The number of hydrogen-bond donors (Lipinski definition) is 1. The standard InChI is InChI=1S/C9H17NO2/c1-8(2)11-7-9(12-8)4-3-5-10-6-9/h10H,3-7H2,1-2H3. The highest BCUT2D eigenvalue weighted by molar-refractivity contribution is 4.92. The molecule has 0 aromatic heterocycles. The minimum Gasteiger partial charge on any atom is -0.347 e. The lowest BCUT2D eigenvalue weighted by Crippen LogP contribution is -2.48. The van der Waals surface area contributed by atoms with Crippen LogP contribution >= 0.6 is 0 Å². The maximum Gasteiger partial charge on any atom is 0.163 e. The maximum absolute atomic E-state index is 5.89. The van der Waals surface area contributed by atoms with Crippen LogP contribution in [0.15, 0.2) is 0 Å². The summed E-state index contributed by atoms with van der Waals surface area (Å²) >= 11 is 0. The first kappa shape index (κ1) is 8.48. The molecule has 70 valence electrons. The van der Waals surface area contributed by atoms with Crippen molar-refractivity contribution in [3.05, 3.63) is 0 Å². The van der Waals surface area contributed by atoms with E-state index in [1.54, 1.807) is 0 Å². The van der Waals surface area contributed by atoms with E-state index in [4.69, 9.17) is 9.47 Å². The zero-order valence-electron chi connectivity index (χ0n) is 7.85. The molecule has 2 aliphatic heterocycles. The van der Waals surface area contributed by atoms with Gasteiger partial charge in [-0.1, -0.05) is 0 Å². The number of piperidine rings is 1. The highest BCUT2D eigenvalue weighted by atomic mass is 16.8. The zero-order chi connectivity index (χ0) is 8.66. The minimum absolute atomic E-state index is 0.0260.